The molecule has 2 saturated carbocycles. The standard InChI is InChI=1S/C18H27NO/c1-11-7-12(2)17(16(8-11)20-4)18(19-3)15-10-13-5-6-14(15)9-13/h7-8,13-15,18-19H,5-6,9-10H2,1-4H3. The lowest BCUT2D eigenvalue weighted by atomic mass is 9.79. The fourth-order valence-corrected chi connectivity index (χ4v) is 4.78. The van der Waals surface area contributed by atoms with Crippen LogP contribution in [0.1, 0.15) is 48.4 Å². The lowest BCUT2D eigenvalue weighted by Gasteiger charge is -2.32. The largest absolute Gasteiger partial charge is 0.496 e. The molecule has 0 spiro atoms. The van der Waals surface area contributed by atoms with Gasteiger partial charge in [-0.1, -0.05) is 12.5 Å². The van der Waals surface area contributed by atoms with Crippen molar-refractivity contribution in [1.29, 1.82) is 0 Å². The van der Waals surface area contributed by atoms with Crippen LogP contribution in [-0.2, 0) is 0 Å². The third-order valence-corrected chi connectivity index (χ3v) is 5.56. The molecule has 2 nitrogen and oxygen atoms in total. The zero-order valence-electron chi connectivity index (χ0n) is 13.2. The van der Waals surface area contributed by atoms with Gasteiger partial charge < -0.3 is 10.1 Å². The molecule has 0 heterocycles. The van der Waals surface area contributed by atoms with E-state index >= 15 is 0 Å². The second-order valence-corrected chi connectivity index (χ2v) is 6.80. The molecule has 2 aliphatic carbocycles. The highest BCUT2D eigenvalue weighted by atomic mass is 16.5. The molecular weight excluding hydrogens is 246 g/mol. The van der Waals surface area contributed by atoms with E-state index in [1.165, 1.54) is 42.4 Å². The Bertz CT molecular complexity index is 496. The molecule has 1 N–H and O–H groups in total. The molecule has 1 aromatic rings. The van der Waals surface area contributed by atoms with Crippen molar-refractivity contribution in [3.05, 3.63) is 28.8 Å². The molecule has 4 unspecified atom stereocenters. The van der Waals surface area contributed by atoms with Gasteiger partial charge in [-0.3, -0.25) is 0 Å². The Morgan fingerprint density at radius 2 is 2.00 bits per heavy atom. The van der Waals surface area contributed by atoms with Gasteiger partial charge >= 0.3 is 0 Å². The Morgan fingerprint density at radius 1 is 1.20 bits per heavy atom. The zero-order chi connectivity index (χ0) is 14.3. The third kappa shape index (κ3) is 2.24. The Labute approximate surface area is 122 Å². The summed E-state index contributed by atoms with van der Waals surface area (Å²) < 4.78 is 5.69. The number of nitrogens with one attached hydrogen (secondary N) is 1. The molecule has 0 radical (unpaired) electrons. The first-order valence-electron chi connectivity index (χ1n) is 7.96. The second-order valence-electron chi connectivity index (χ2n) is 6.80. The Balaban J connectivity index is 1.97. The van der Waals surface area contributed by atoms with Crippen LogP contribution < -0.4 is 10.1 Å². The van der Waals surface area contributed by atoms with Crippen LogP contribution in [0.5, 0.6) is 5.75 Å². The van der Waals surface area contributed by atoms with Gasteiger partial charge in [-0.05, 0) is 75.1 Å². The summed E-state index contributed by atoms with van der Waals surface area (Å²) in [6, 6.07) is 4.91. The first-order chi connectivity index (χ1) is 9.63. The quantitative estimate of drug-likeness (QED) is 0.895. The number of benzene rings is 1. The maximum Gasteiger partial charge on any atom is 0.124 e. The average Bonchev–Trinajstić information content (AvgIpc) is 3.04. The first kappa shape index (κ1) is 13.9. The van der Waals surface area contributed by atoms with E-state index in [4.69, 9.17) is 4.74 Å². The monoisotopic (exact) mass is 273 g/mol. The molecule has 20 heavy (non-hydrogen) atoms. The maximum atomic E-state index is 5.69. The molecular formula is C18H27NO. The minimum absolute atomic E-state index is 0.445. The summed E-state index contributed by atoms with van der Waals surface area (Å²) in [6.07, 6.45) is 5.74. The molecule has 110 valence electrons. The zero-order valence-corrected chi connectivity index (χ0v) is 13.2. The highest BCUT2D eigenvalue weighted by Gasteiger charge is 2.43. The molecule has 0 aromatic heterocycles. The molecule has 3 rings (SSSR count). The Morgan fingerprint density at radius 3 is 2.55 bits per heavy atom. The normalized spacial score (nSPS) is 29.7. The molecule has 4 atom stereocenters. The highest BCUT2D eigenvalue weighted by Crippen LogP contribution is 2.53. The van der Waals surface area contributed by atoms with Crippen molar-refractivity contribution >= 4 is 0 Å². The molecule has 0 aliphatic heterocycles. The van der Waals surface area contributed by atoms with Crippen molar-refractivity contribution in [2.24, 2.45) is 17.8 Å². The summed E-state index contributed by atoms with van der Waals surface area (Å²) in [5.41, 5.74) is 4.04. The summed E-state index contributed by atoms with van der Waals surface area (Å²) >= 11 is 0. The second kappa shape index (κ2) is 5.40. The number of rotatable bonds is 4. The summed E-state index contributed by atoms with van der Waals surface area (Å²) in [7, 11) is 3.90. The predicted octanol–water partition coefficient (Wildman–Crippen LogP) is 4.01. The van der Waals surface area contributed by atoms with Crippen molar-refractivity contribution in [2.45, 2.75) is 45.6 Å². The van der Waals surface area contributed by atoms with Gasteiger partial charge in [-0.2, -0.15) is 0 Å². The van der Waals surface area contributed by atoms with E-state index in [0.29, 0.717) is 6.04 Å². The SMILES string of the molecule is CNC(c1c(C)cc(C)cc1OC)C1CC2CCC1C2. The van der Waals surface area contributed by atoms with E-state index in [9.17, 15) is 0 Å². The summed E-state index contributed by atoms with van der Waals surface area (Å²) in [4.78, 5) is 0. The van der Waals surface area contributed by atoms with Crippen LogP contribution in [0, 0.1) is 31.6 Å². The number of aryl methyl sites for hydroxylation is 2. The fourth-order valence-electron chi connectivity index (χ4n) is 4.78. The van der Waals surface area contributed by atoms with Gasteiger partial charge in [0.2, 0.25) is 0 Å². The van der Waals surface area contributed by atoms with Crippen LogP contribution in [0.3, 0.4) is 0 Å². The molecule has 2 bridgehead atoms. The van der Waals surface area contributed by atoms with Gasteiger partial charge in [0.15, 0.2) is 0 Å². The number of methoxy groups -OCH3 is 1. The molecule has 2 heteroatoms. The first-order valence-corrected chi connectivity index (χ1v) is 7.96. The highest BCUT2D eigenvalue weighted by molar-refractivity contribution is 5.45. The number of ether oxygens (including phenoxy) is 1. The Hall–Kier alpha value is -1.02. The van der Waals surface area contributed by atoms with E-state index in [0.717, 1.165) is 23.5 Å². The van der Waals surface area contributed by atoms with Crippen LogP contribution >= 0.6 is 0 Å². The van der Waals surface area contributed by atoms with Crippen molar-refractivity contribution in [3.63, 3.8) is 0 Å². The van der Waals surface area contributed by atoms with Crippen molar-refractivity contribution in [1.82, 2.24) is 5.32 Å². The van der Waals surface area contributed by atoms with Crippen LogP contribution in [0.4, 0.5) is 0 Å². The van der Waals surface area contributed by atoms with Crippen molar-refractivity contribution < 1.29 is 4.74 Å². The van der Waals surface area contributed by atoms with Crippen LogP contribution in [0.2, 0.25) is 0 Å². The van der Waals surface area contributed by atoms with E-state index in [-0.39, 0.29) is 0 Å². The minimum Gasteiger partial charge on any atom is -0.496 e. The minimum atomic E-state index is 0.445. The molecule has 0 saturated heterocycles. The number of hydrogen-bond donors (Lipinski definition) is 1. The van der Waals surface area contributed by atoms with Gasteiger partial charge in [0.25, 0.3) is 0 Å². The molecule has 0 amide bonds. The van der Waals surface area contributed by atoms with E-state index in [1.54, 1.807) is 7.11 Å². The molecule has 2 fully saturated rings. The van der Waals surface area contributed by atoms with Crippen molar-refractivity contribution in [2.75, 3.05) is 14.2 Å². The van der Waals surface area contributed by atoms with Gasteiger partial charge in [0, 0.05) is 11.6 Å². The Kier molecular flexibility index (Phi) is 3.76. The van der Waals surface area contributed by atoms with E-state index < -0.39 is 0 Å². The predicted molar refractivity (Wildman–Crippen MR) is 83.2 cm³/mol. The third-order valence-electron chi connectivity index (χ3n) is 5.56. The summed E-state index contributed by atoms with van der Waals surface area (Å²) in [5.74, 6) is 3.75. The number of hydrogen-bond acceptors (Lipinski definition) is 2. The van der Waals surface area contributed by atoms with Crippen LogP contribution in [-0.4, -0.2) is 14.2 Å². The smallest absolute Gasteiger partial charge is 0.124 e. The van der Waals surface area contributed by atoms with Gasteiger partial charge in [-0.15, -0.1) is 0 Å². The lowest BCUT2D eigenvalue weighted by molar-refractivity contribution is 0.254. The summed E-state index contributed by atoms with van der Waals surface area (Å²) in [6.45, 7) is 4.37. The van der Waals surface area contributed by atoms with E-state index in [1.807, 2.05) is 0 Å². The molecule has 1 aromatic carbocycles. The van der Waals surface area contributed by atoms with Gasteiger partial charge in [0.05, 0.1) is 7.11 Å². The summed E-state index contributed by atoms with van der Waals surface area (Å²) in [5, 5.41) is 3.60. The van der Waals surface area contributed by atoms with E-state index in [2.05, 4.69) is 38.3 Å². The lowest BCUT2D eigenvalue weighted by Crippen LogP contribution is -2.30. The van der Waals surface area contributed by atoms with Crippen molar-refractivity contribution in [3.8, 4) is 5.75 Å². The van der Waals surface area contributed by atoms with Crippen LogP contribution in [0.25, 0.3) is 0 Å². The number of fused-ring (bicyclic) bond motifs is 2. The van der Waals surface area contributed by atoms with Crippen LogP contribution in [0.15, 0.2) is 12.1 Å². The average molecular weight is 273 g/mol. The topological polar surface area (TPSA) is 21.3 Å². The maximum absolute atomic E-state index is 5.69. The van der Waals surface area contributed by atoms with Gasteiger partial charge in [0.1, 0.15) is 5.75 Å². The van der Waals surface area contributed by atoms with Gasteiger partial charge in [-0.25, -0.2) is 0 Å². The molecule has 2 aliphatic rings. The fraction of sp³-hybridized carbons (Fsp3) is 0.667.